The van der Waals surface area contributed by atoms with Gasteiger partial charge in [0.15, 0.2) is 11.6 Å². The Morgan fingerprint density at radius 1 is 1.17 bits per heavy atom. The first kappa shape index (κ1) is 15.8. The summed E-state index contributed by atoms with van der Waals surface area (Å²) < 4.78 is 24.2. The van der Waals surface area contributed by atoms with Crippen LogP contribution in [0.15, 0.2) is 42.5 Å². The van der Waals surface area contributed by atoms with Crippen molar-refractivity contribution in [3.05, 3.63) is 59.4 Å². The second-order valence-electron chi connectivity index (χ2n) is 5.81. The SMILES string of the molecule is COc1ccc2c(c1)C[C@@H](NCCOc1ccccc1F)CC2. The predicted octanol–water partition coefficient (Wildman–Crippen LogP) is 3.36. The average molecular weight is 315 g/mol. The Morgan fingerprint density at radius 3 is 2.87 bits per heavy atom. The molecule has 3 rings (SSSR count). The Balaban J connectivity index is 1.47. The molecule has 23 heavy (non-hydrogen) atoms. The zero-order valence-electron chi connectivity index (χ0n) is 13.3. The zero-order valence-corrected chi connectivity index (χ0v) is 13.3. The van der Waals surface area contributed by atoms with Gasteiger partial charge in [0.1, 0.15) is 12.4 Å². The van der Waals surface area contributed by atoms with E-state index in [0.717, 1.165) is 25.0 Å². The molecule has 122 valence electrons. The molecule has 1 aliphatic carbocycles. The fraction of sp³-hybridized carbons (Fsp3) is 0.368. The van der Waals surface area contributed by atoms with Gasteiger partial charge in [0, 0.05) is 12.6 Å². The van der Waals surface area contributed by atoms with E-state index in [4.69, 9.17) is 9.47 Å². The van der Waals surface area contributed by atoms with Gasteiger partial charge in [-0.1, -0.05) is 18.2 Å². The standard InChI is InChI=1S/C19H22FNO2/c1-22-17-9-7-14-6-8-16(12-15(14)13-17)21-10-11-23-19-5-3-2-4-18(19)20/h2-5,7,9,13,16,21H,6,8,10-12H2,1H3/t16-/m0/s1. The van der Waals surface area contributed by atoms with E-state index in [-0.39, 0.29) is 5.82 Å². The minimum atomic E-state index is -0.314. The molecular weight excluding hydrogens is 293 g/mol. The van der Waals surface area contributed by atoms with Gasteiger partial charge in [0.2, 0.25) is 0 Å². The quantitative estimate of drug-likeness (QED) is 0.829. The molecule has 3 nitrogen and oxygen atoms in total. The van der Waals surface area contributed by atoms with Crippen molar-refractivity contribution >= 4 is 0 Å². The molecule has 2 aromatic rings. The maximum Gasteiger partial charge on any atom is 0.165 e. The summed E-state index contributed by atoms with van der Waals surface area (Å²) in [6, 6.07) is 13.2. The van der Waals surface area contributed by atoms with Crippen LogP contribution in [0.1, 0.15) is 17.5 Å². The number of hydrogen-bond donors (Lipinski definition) is 1. The Morgan fingerprint density at radius 2 is 2.04 bits per heavy atom. The summed E-state index contributed by atoms with van der Waals surface area (Å²) in [7, 11) is 1.69. The first-order valence-electron chi connectivity index (χ1n) is 8.03. The summed E-state index contributed by atoms with van der Waals surface area (Å²) in [6.07, 6.45) is 3.18. The van der Waals surface area contributed by atoms with Gasteiger partial charge in [0.05, 0.1) is 7.11 Å². The summed E-state index contributed by atoms with van der Waals surface area (Å²) in [5.41, 5.74) is 2.76. The van der Waals surface area contributed by atoms with Crippen LogP contribution in [0, 0.1) is 5.82 Å². The molecule has 0 fully saturated rings. The second-order valence-corrected chi connectivity index (χ2v) is 5.81. The summed E-state index contributed by atoms with van der Waals surface area (Å²) in [6.45, 7) is 1.17. The monoisotopic (exact) mass is 315 g/mol. The number of methoxy groups -OCH3 is 1. The average Bonchev–Trinajstić information content (AvgIpc) is 2.59. The smallest absolute Gasteiger partial charge is 0.165 e. The number of hydrogen-bond acceptors (Lipinski definition) is 3. The van der Waals surface area contributed by atoms with Crippen LogP contribution in [-0.4, -0.2) is 26.3 Å². The molecule has 0 heterocycles. The van der Waals surface area contributed by atoms with Crippen LogP contribution in [0.4, 0.5) is 4.39 Å². The normalized spacial score (nSPS) is 16.7. The molecular formula is C19H22FNO2. The van der Waals surface area contributed by atoms with E-state index >= 15 is 0 Å². The lowest BCUT2D eigenvalue weighted by Gasteiger charge is -2.26. The van der Waals surface area contributed by atoms with Crippen LogP contribution in [0.2, 0.25) is 0 Å². The third-order valence-electron chi connectivity index (χ3n) is 4.27. The van der Waals surface area contributed by atoms with Gasteiger partial charge in [-0.15, -0.1) is 0 Å². The van der Waals surface area contributed by atoms with E-state index in [0.29, 0.717) is 24.9 Å². The Labute approximate surface area is 136 Å². The molecule has 2 aromatic carbocycles. The molecule has 0 aromatic heterocycles. The third-order valence-corrected chi connectivity index (χ3v) is 4.27. The fourth-order valence-corrected chi connectivity index (χ4v) is 3.02. The third kappa shape index (κ3) is 4.02. The molecule has 0 saturated heterocycles. The Bertz CT molecular complexity index is 660. The topological polar surface area (TPSA) is 30.5 Å². The first-order chi connectivity index (χ1) is 11.3. The molecule has 1 aliphatic rings. The van der Waals surface area contributed by atoms with E-state index in [1.54, 1.807) is 25.3 Å². The number of fused-ring (bicyclic) bond motifs is 1. The Kier molecular flexibility index (Phi) is 5.13. The number of para-hydroxylation sites is 1. The number of rotatable bonds is 6. The lowest BCUT2D eigenvalue weighted by atomic mass is 9.88. The van der Waals surface area contributed by atoms with Crippen LogP contribution in [0.25, 0.3) is 0 Å². The molecule has 1 N–H and O–H groups in total. The first-order valence-corrected chi connectivity index (χ1v) is 8.03. The molecule has 0 amide bonds. The largest absolute Gasteiger partial charge is 0.497 e. The van der Waals surface area contributed by atoms with E-state index in [1.165, 1.54) is 17.2 Å². The van der Waals surface area contributed by atoms with Gasteiger partial charge in [-0.25, -0.2) is 4.39 Å². The molecule has 4 heteroatoms. The van der Waals surface area contributed by atoms with E-state index < -0.39 is 0 Å². The highest BCUT2D eigenvalue weighted by Crippen LogP contribution is 2.25. The molecule has 0 radical (unpaired) electrons. The Hall–Kier alpha value is -2.07. The van der Waals surface area contributed by atoms with Gasteiger partial charge in [-0.2, -0.15) is 0 Å². The number of ether oxygens (including phenoxy) is 2. The van der Waals surface area contributed by atoms with Crippen molar-refractivity contribution in [2.75, 3.05) is 20.3 Å². The van der Waals surface area contributed by atoms with Crippen molar-refractivity contribution in [1.29, 1.82) is 0 Å². The summed E-state index contributed by atoms with van der Waals surface area (Å²) >= 11 is 0. The lowest BCUT2D eigenvalue weighted by molar-refractivity contribution is 0.287. The summed E-state index contributed by atoms with van der Waals surface area (Å²) in [4.78, 5) is 0. The highest BCUT2D eigenvalue weighted by molar-refractivity contribution is 5.37. The van der Waals surface area contributed by atoms with E-state index in [2.05, 4.69) is 17.4 Å². The van der Waals surface area contributed by atoms with Gasteiger partial charge >= 0.3 is 0 Å². The number of aryl methyl sites for hydroxylation is 1. The van der Waals surface area contributed by atoms with E-state index in [1.807, 2.05) is 6.07 Å². The molecule has 1 atom stereocenters. The maximum atomic E-state index is 13.5. The number of halogens is 1. The maximum absolute atomic E-state index is 13.5. The van der Waals surface area contributed by atoms with Gasteiger partial charge in [0.25, 0.3) is 0 Å². The minimum Gasteiger partial charge on any atom is -0.497 e. The van der Waals surface area contributed by atoms with Crippen LogP contribution in [-0.2, 0) is 12.8 Å². The van der Waals surface area contributed by atoms with Gasteiger partial charge in [-0.05, 0) is 54.7 Å². The van der Waals surface area contributed by atoms with E-state index in [9.17, 15) is 4.39 Å². The van der Waals surface area contributed by atoms with Crippen LogP contribution >= 0.6 is 0 Å². The molecule has 0 aliphatic heterocycles. The molecule has 0 bridgehead atoms. The van der Waals surface area contributed by atoms with Crippen LogP contribution < -0.4 is 14.8 Å². The van der Waals surface area contributed by atoms with Crippen molar-refractivity contribution in [1.82, 2.24) is 5.32 Å². The van der Waals surface area contributed by atoms with Crippen LogP contribution in [0.3, 0.4) is 0 Å². The van der Waals surface area contributed by atoms with Crippen molar-refractivity contribution in [2.24, 2.45) is 0 Å². The van der Waals surface area contributed by atoms with Crippen molar-refractivity contribution in [2.45, 2.75) is 25.3 Å². The van der Waals surface area contributed by atoms with Crippen LogP contribution in [0.5, 0.6) is 11.5 Å². The summed E-state index contributed by atoms with van der Waals surface area (Å²) in [5.74, 6) is 0.909. The zero-order chi connectivity index (χ0) is 16.1. The number of benzene rings is 2. The molecule has 0 unspecified atom stereocenters. The predicted molar refractivity (Wildman–Crippen MR) is 88.7 cm³/mol. The summed E-state index contributed by atoms with van der Waals surface area (Å²) in [5, 5.41) is 3.50. The lowest BCUT2D eigenvalue weighted by Crippen LogP contribution is -2.37. The molecule has 0 saturated carbocycles. The van der Waals surface area contributed by atoms with Crippen molar-refractivity contribution in [3.8, 4) is 11.5 Å². The second kappa shape index (κ2) is 7.47. The van der Waals surface area contributed by atoms with Gasteiger partial charge < -0.3 is 14.8 Å². The highest BCUT2D eigenvalue weighted by atomic mass is 19.1. The van der Waals surface area contributed by atoms with Crippen molar-refractivity contribution in [3.63, 3.8) is 0 Å². The van der Waals surface area contributed by atoms with Gasteiger partial charge in [-0.3, -0.25) is 0 Å². The minimum absolute atomic E-state index is 0.313. The fourth-order valence-electron chi connectivity index (χ4n) is 3.02. The highest BCUT2D eigenvalue weighted by Gasteiger charge is 2.18. The molecule has 0 spiro atoms. The number of nitrogens with one attached hydrogen (secondary N) is 1. The van der Waals surface area contributed by atoms with Crippen molar-refractivity contribution < 1.29 is 13.9 Å².